The van der Waals surface area contributed by atoms with Crippen molar-refractivity contribution in [1.82, 2.24) is 35.1 Å². The van der Waals surface area contributed by atoms with E-state index in [-0.39, 0.29) is 5.75 Å². The highest BCUT2D eigenvalue weighted by atomic mass is 16.3. The number of imidazole rings is 1. The summed E-state index contributed by atoms with van der Waals surface area (Å²) >= 11 is 0. The number of aromatic amines is 2. The molecule has 0 aliphatic heterocycles. The van der Waals surface area contributed by atoms with Crippen molar-refractivity contribution < 1.29 is 5.11 Å². The van der Waals surface area contributed by atoms with Crippen LogP contribution in [0, 0.1) is 6.92 Å². The number of nitrogens with one attached hydrogen (secondary N) is 2. The average molecular weight is 419 g/mol. The van der Waals surface area contributed by atoms with Crippen molar-refractivity contribution in [2.75, 3.05) is 0 Å². The molecule has 0 unspecified atom stereocenters. The van der Waals surface area contributed by atoms with Gasteiger partial charge in [-0.2, -0.15) is 5.10 Å². The summed E-state index contributed by atoms with van der Waals surface area (Å²) in [5.74, 6) is 0.692. The van der Waals surface area contributed by atoms with E-state index in [0.717, 1.165) is 38.9 Å². The second-order valence-electron chi connectivity index (χ2n) is 7.61. The molecule has 154 valence electrons. The molecule has 6 aromatic rings. The Hall–Kier alpha value is -4.59. The van der Waals surface area contributed by atoms with Crippen molar-refractivity contribution in [3.63, 3.8) is 0 Å². The maximum atomic E-state index is 9.77. The number of nitrogens with zero attached hydrogens (tertiary/aromatic N) is 5. The largest absolute Gasteiger partial charge is 0.506 e. The Balaban J connectivity index is 1.51. The molecule has 0 aliphatic carbocycles. The minimum Gasteiger partial charge on any atom is -0.506 e. The second kappa shape index (κ2) is 6.98. The van der Waals surface area contributed by atoms with E-state index in [2.05, 4.69) is 44.2 Å². The monoisotopic (exact) mass is 419 g/mol. The molecule has 8 heteroatoms. The maximum Gasteiger partial charge on any atom is 0.161 e. The van der Waals surface area contributed by atoms with Crippen molar-refractivity contribution in [2.24, 2.45) is 0 Å². The van der Waals surface area contributed by atoms with Crippen LogP contribution in [-0.2, 0) is 0 Å². The first kappa shape index (κ1) is 18.2. The lowest BCUT2D eigenvalue weighted by molar-refractivity contribution is 0.473. The molecule has 0 radical (unpaired) electrons. The van der Waals surface area contributed by atoms with Crippen molar-refractivity contribution in [2.45, 2.75) is 6.92 Å². The predicted molar refractivity (Wildman–Crippen MR) is 122 cm³/mol. The van der Waals surface area contributed by atoms with E-state index < -0.39 is 0 Å². The number of H-pyrrole nitrogens is 2. The molecule has 0 amide bonds. The number of aromatic hydroxyl groups is 1. The normalized spacial score (nSPS) is 11.4. The van der Waals surface area contributed by atoms with Gasteiger partial charge in [0.1, 0.15) is 16.8 Å². The lowest BCUT2D eigenvalue weighted by Gasteiger charge is -2.02. The smallest absolute Gasteiger partial charge is 0.161 e. The van der Waals surface area contributed by atoms with Crippen LogP contribution in [-0.4, -0.2) is 40.2 Å². The summed E-state index contributed by atoms with van der Waals surface area (Å²) in [6, 6.07) is 15.5. The van der Waals surface area contributed by atoms with Crippen LogP contribution in [0.15, 0.2) is 67.1 Å². The molecular weight excluding hydrogens is 402 g/mol. The van der Waals surface area contributed by atoms with Gasteiger partial charge < -0.3 is 10.1 Å². The van der Waals surface area contributed by atoms with Crippen LogP contribution in [0.4, 0.5) is 0 Å². The van der Waals surface area contributed by atoms with Crippen molar-refractivity contribution in [3.8, 4) is 39.8 Å². The van der Waals surface area contributed by atoms with E-state index in [0.29, 0.717) is 22.7 Å². The molecule has 5 heterocycles. The molecule has 3 N–H and O–H groups in total. The quantitative estimate of drug-likeness (QED) is 0.385. The third kappa shape index (κ3) is 2.97. The van der Waals surface area contributed by atoms with Crippen molar-refractivity contribution in [3.05, 3.63) is 72.7 Å². The Morgan fingerprint density at radius 1 is 0.844 bits per heavy atom. The van der Waals surface area contributed by atoms with Gasteiger partial charge in [-0.1, -0.05) is 23.8 Å². The summed E-state index contributed by atoms with van der Waals surface area (Å²) in [6.45, 7) is 2.06. The van der Waals surface area contributed by atoms with Gasteiger partial charge in [-0.15, -0.1) is 0 Å². The number of hydrogen-bond donors (Lipinski definition) is 3. The van der Waals surface area contributed by atoms with E-state index in [4.69, 9.17) is 9.97 Å². The standard InChI is InChI=1S/C24H17N7O/c1-13-3-2-4-14(9-13)20-21-18(7-8-26-20)28-24(29-21)23-22-19(30-31-23)6-5-17(27-22)15-10-16(32)12-25-11-15/h2-12,32H,1H3,(H,28,29)(H,30,31). The summed E-state index contributed by atoms with van der Waals surface area (Å²) < 4.78 is 0. The summed E-state index contributed by atoms with van der Waals surface area (Å²) in [5, 5.41) is 17.3. The molecule has 0 spiro atoms. The maximum absolute atomic E-state index is 9.77. The third-order valence-electron chi connectivity index (χ3n) is 5.34. The summed E-state index contributed by atoms with van der Waals surface area (Å²) in [7, 11) is 0. The Labute approximate surface area is 182 Å². The van der Waals surface area contributed by atoms with Gasteiger partial charge >= 0.3 is 0 Å². The van der Waals surface area contributed by atoms with Gasteiger partial charge in [0.15, 0.2) is 11.5 Å². The highest BCUT2D eigenvalue weighted by molar-refractivity contribution is 5.95. The van der Waals surface area contributed by atoms with Gasteiger partial charge in [-0.05, 0) is 37.3 Å². The fourth-order valence-electron chi connectivity index (χ4n) is 3.84. The molecule has 0 atom stereocenters. The number of aromatic nitrogens is 7. The molecule has 1 aromatic carbocycles. The van der Waals surface area contributed by atoms with Crippen LogP contribution in [0.3, 0.4) is 0 Å². The van der Waals surface area contributed by atoms with Gasteiger partial charge in [0.2, 0.25) is 0 Å². The summed E-state index contributed by atoms with van der Waals surface area (Å²) in [6.07, 6.45) is 4.82. The Morgan fingerprint density at radius 2 is 1.75 bits per heavy atom. The molecule has 0 saturated heterocycles. The van der Waals surface area contributed by atoms with Crippen LogP contribution in [0.25, 0.3) is 56.1 Å². The van der Waals surface area contributed by atoms with Crippen LogP contribution in [0.1, 0.15) is 5.56 Å². The van der Waals surface area contributed by atoms with Crippen LogP contribution in [0.5, 0.6) is 5.75 Å². The lowest BCUT2D eigenvalue weighted by atomic mass is 10.1. The predicted octanol–water partition coefficient (Wildman–Crippen LogP) is 4.64. The van der Waals surface area contributed by atoms with E-state index in [1.807, 2.05) is 30.3 Å². The lowest BCUT2D eigenvalue weighted by Crippen LogP contribution is -1.88. The molecule has 0 aliphatic rings. The Kier molecular flexibility index (Phi) is 3.97. The van der Waals surface area contributed by atoms with E-state index in [1.165, 1.54) is 6.20 Å². The molecule has 0 bridgehead atoms. The van der Waals surface area contributed by atoms with Gasteiger partial charge in [0, 0.05) is 23.5 Å². The van der Waals surface area contributed by atoms with Gasteiger partial charge in [0.05, 0.1) is 28.6 Å². The molecule has 6 rings (SSSR count). The third-order valence-corrected chi connectivity index (χ3v) is 5.34. The van der Waals surface area contributed by atoms with E-state index in [9.17, 15) is 5.11 Å². The first-order valence-electron chi connectivity index (χ1n) is 10.1. The molecule has 0 fully saturated rings. The van der Waals surface area contributed by atoms with Gasteiger partial charge in [-0.25, -0.2) is 9.97 Å². The Morgan fingerprint density at radius 3 is 2.62 bits per heavy atom. The SMILES string of the molecule is Cc1cccc(-c2nccc3[nH]c(-c4n[nH]c5ccc(-c6cncc(O)c6)nc45)nc23)c1. The first-order chi connectivity index (χ1) is 15.7. The first-order valence-corrected chi connectivity index (χ1v) is 10.1. The zero-order valence-corrected chi connectivity index (χ0v) is 17.0. The van der Waals surface area contributed by atoms with E-state index in [1.54, 1.807) is 18.5 Å². The second-order valence-corrected chi connectivity index (χ2v) is 7.61. The summed E-state index contributed by atoms with van der Waals surface area (Å²) in [5.41, 5.74) is 8.11. The number of pyridine rings is 3. The molecule has 0 saturated carbocycles. The molecule has 5 aromatic heterocycles. The van der Waals surface area contributed by atoms with Crippen molar-refractivity contribution >= 4 is 22.1 Å². The van der Waals surface area contributed by atoms with Crippen molar-refractivity contribution in [1.29, 1.82) is 0 Å². The average Bonchev–Trinajstić information content (AvgIpc) is 3.42. The van der Waals surface area contributed by atoms with Crippen LogP contribution < -0.4 is 0 Å². The minimum atomic E-state index is 0.0882. The van der Waals surface area contributed by atoms with Crippen LogP contribution in [0.2, 0.25) is 0 Å². The molecular formula is C24H17N7O. The number of benzene rings is 1. The van der Waals surface area contributed by atoms with Crippen LogP contribution >= 0.6 is 0 Å². The highest BCUT2D eigenvalue weighted by Gasteiger charge is 2.17. The number of hydrogen-bond acceptors (Lipinski definition) is 6. The molecule has 8 nitrogen and oxygen atoms in total. The zero-order valence-electron chi connectivity index (χ0n) is 17.0. The molecule has 32 heavy (non-hydrogen) atoms. The zero-order chi connectivity index (χ0) is 21.7. The number of fused-ring (bicyclic) bond motifs is 2. The minimum absolute atomic E-state index is 0.0882. The van der Waals surface area contributed by atoms with E-state index >= 15 is 0 Å². The summed E-state index contributed by atoms with van der Waals surface area (Å²) in [4.78, 5) is 21.6. The number of aryl methyl sites for hydroxylation is 1. The van der Waals surface area contributed by atoms with Gasteiger partial charge in [0.25, 0.3) is 0 Å². The topological polar surface area (TPSA) is 116 Å². The van der Waals surface area contributed by atoms with Gasteiger partial charge in [-0.3, -0.25) is 15.1 Å². The fraction of sp³-hybridized carbons (Fsp3) is 0.0417. The fourth-order valence-corrected chi connectivity index (χ4v) is 3.84. The Bertz CT molecular complexity index is 1620. The highest BCUT2D eigenvalue weighted by Crippen LogP contribution is 2.31. The number of rotatable bonds is 3.